The van der Waals surface area contributed by atoms with Gasteiger partial charge in [-0.2, -0.15) is 0 Å². The number of carboxylic acid groups (broad SMARTS) is 1. The minimum atomic E-state index is -1.40. The van der Waals surface area contributed by atoms with Crippen LogP contribution < -0.4 is 32.8 Å². The van der Waals surface area contributed by atoms with Crippen LogP contribution in [0.4, 0.5) is 11.6 Å². The summed E-state index contributed by atoms with van der Waals surface area (Å²) in [6.45, 7) is 1.70. The van der Waals surface area contributed by atoms with Gasteiger partial charge in [-0.3, -0.25) is 15.5 Å². The first kappa shape index (κ1) is 17.6. The second kappa shape index (κ2) is 6.28. The fourth-order valence-electron chi connectivity index (χ4n) is 2.59. The van der Waals surface area contributed by atoms with Crippen LogP contribution in [0.25, 0.3) is 0 Å². The summed E-state index contributed by atoms with van der Waals surface area (Å²) in [7, 11) is 0. The highest BCUT2D eigenvalue weighted by molar-refractivity contribution is 8.01. The lowest BCUT2D eigenvalue weighted by molar-refractivity contribution is -0.667. The van der Waals surface area contributed by atoms with Crippen molar-refractivity contribution < 1.29 is 19.4 Å². The molecule has 1 aromatic heterocycles. The van der Waals surface area contributed by atoms with Crippen molar-refractivity contribution in [2.75, 3.05) is 28.8 Å². The first-order valence-electron chi connectivity index (χ1n) is 7.23. The predicted molar refractivity (Wildman–Crippen MR) is 92.0 cm³/mol. The van der Waals surface area contributed by atoms with Gasteiger partial charge in [0.1, 0.15) is 11.4 Å². The summed E-state index contributed by atoms with van der Waals surface area (Å²) in [5.41, 5.74) is 18.3. The molecule has 1 saturated heterocycles. The smallest absolute Gasteiger partial charge is 0.322 e. The molecule has 2 atom stereocenters. The Morgan fingerprint density at radius 1 is 1.52 bits per heavy atom. The third-order valence-electron chi connectivity index (χ3n) is 4.11. The molecule has 0 bridgehead atoms. The molecule has 1 aromatic rings. The molecule has 25 heavy (non-hydrogen) atoms. The fourth-order valence-corrected chi connectivity index (χ4v) is 4.95. The van der Waals surface area contributed by atoms with Gasteiger partial charge in [-0.25, -0.2) is 0 Å². The molecule has 12 heteroatoms. The Labute approximate surface area is 151 Å². The molecule has 3 heterocycles. The normalized spacial score (nSPS) is 22.6. The number of aromatic nitrogens is 2. The van der Waals surface area contributed by atoms with Crippen LogP contribution in [0.1, 0.15) is 5.56 Å². The molecule has 10 nitrogen and oxygen atoms in total. The van der Waals surface area contributed by atoms with E-state index in [1.807, 2.05) is 0 Å². The Kier molecular flexibility index (Phi) is 4.43. The zero-order valence-corrected chi connectivity index (χ0v) is 14.9. The third-order valence-corrected chi connectivity index (χ3v) is 6.51. The van der Waals surface area contributed by atoms with E-state index in [1.54, 1.807) is 6.92 Å². The van der Waals surface area contributed by atoms with Crippen molar-refractivity contribution in [1.29, 1.82) is 0 Å². The number of anilines is 2. The number of rotatable bonds is 4. The van der Waals surface area contributed by atoms with Gasteiger partial charge >= 0.3 is 5.16 Å². The number of carbonyl (C=O) groups excluding carboxylic acids is 2. The van der Waals surface area contributed by atoms with Crippen molar-refractivity contribution in [2.45, 2.75) is 23.5 Å². The Bertz CT molecular complexity index is 813. The number of amides is 1. The lowest BCUT2D eigenvalue weighted by atomic mass is 10.0. The van der Waals surface area contributed by atoms with Crippen LogP contribution in [0, 0.1) is 6.92 Å². The van der Waals surface area contributed by atoms with Crippen molar-refractivity contribution >= 4 is 47.0 Å². The number of carboxylic acids is 1. The molecule has 134 valence electrons. The molecule has 8 N–H and O–H groups in total. The van der Waals surface area contributed by atoms with Gasteiger partial charge < -0.3 is 27.1 Å². The molecule has 0 aromatic carbocycles. The number of β-lactam (4-membered cyclic amide) rings is 1. The predicted octanol–water partition coefficient (Wildman–Crippen LogP) is -3.11. The van der Waals surface area contributed by atoms with Gasteiger partial charge in [-0.15, -0.1) is 16.4 Å². The van der Waals surface area contributed by atoms with E-state index in [4.69, 9.17) is 23.0 Å². The summed E-state index contributed by atoms with van der Waals surface area (Å²) in [6, 6.07) is -0.682. The number of nitrogen functional groups attached to an aromatic ring is 3. The summed E-state index contributed by atoms with van der Waals surface area (Å²) in [5.74, 6) is 5.24. The standard InChI is InChI=1S/C13H17N7O3S2/c1-4-8(15)18-13(20(17)9(4)16)25-3-5-2-24-11-6(14)10(21)19(11)7(5)12(22)23/h6,11H,2-3,14,17H2,1H3,(H4,15,16,22,23). The third kappa shape index (κ3) is 2.75. The zero-order valence-electron chi connectivity index (χ0n) is 13.3. The molecule has 1 fully saturated rings. The van der Waals surface area contributed by atoms with Crippen LogP contribution in [0.2, 0.25) is 0 Å². The number of fused-ring (bicyclic) bond motifs is 1. The molecule has 0 aliphatic carbocycles. The highest BCUT2D eigenvalue weighted by Crippen LogP contribution is 2.40. The average molecular weight is 383 g/mol. The quantitative estimate of drug-likeness (QED) is 0.137. The van der Waals surface area contributed by atoms with E-state index in [2.05, 4.69) is 4.98 Å². The summed E-state index contributed by atoms with van der Waals surface area (Å²) in [6.07, 6.45) is 0. The van der Waals surface area contributed by atoms with E-state index in [0.29, 0.717) is 22.0 Å². The van der Waals surface area contributed by atoms with Gasteiger partial charge in [0.15, 0.2) is 0 Å². The number of nitrogens with zero attached hydrogens (tertiary/aromatic N) is 3. The van der Waals surface area contributed by atoms with Crippen LogP contribution in [-0.2, 0) is 9.59 Å². The van der Waals surface area contributed by atoms with Crippen molar-refractivity contribution in [1.82, 2.24) is 9.88 Å². The first-order chi connectivity index (χ1) is 11.7. The fraction of sp³-hybridized carbons (Fsp3) is 0.385. The number of thioether (sulfide) groups is 2. The molecule has 2 aliphatic heterocycles. The maximum absolute atomic E-state index is 11.9. The van der Waals surface area contributed by atoms with Crippen molar-refractivity contribution in [2.24, 2.45) is 5.73 Å². The molecule has 0 saturated carbocycles. The molecule has 3 rings (SSSR count). The van der Waals surface area contributed by atoms with Crippen molar-refractivity contribution in [3.05, 3.63) is 16.8 Å². The van der Waals surface area contributed by atoms with E-state index in [9.17, 15) is 14.7 Å². The lowest BCUT2D eigenvalue weighted by Gasteiger charge is -2.49. The zero-order chi connectivity index (χ0) is 18.5. The van der Waals surface area contributed by atoms with E-state index in [1.165, 1.54) is 33.1 Å². The number of carbonyl (C=O) groups is 2. The first-order valence-corrected chi connectivity index (χ1v) is 9.26. The molecule has 0 radical (unpaired) electrons. The Hall–Kier alpha value is -2.18. The summed E-state index contributed by atoms with van der Waals surface area (Å²) < 4.78 is 1.19. The number of hydrogen-bond donors (Lipinski definition) is 4. The minimum absolute atomic E-state index is 0.125. The summed E-state index contributed by atoms with van der Waals surface area (Å²) >= 11 is 2.59. The molecular formula is C13H17N7O3S2. The average Bonchev–Trinajstić information content (AvgIpc) is 2.60. The Morgan fingerprint density at radius 2 is 2.20 bits per heavy atom. The Morgan fingerprint density at radius 3 is 2.84 bits per heavy atom. The molecule has 0 spiro atoms. The van der Waals surface area contributed by atoms with Gasteiger partial charge in [0.05, 0.1) is 17.2 Å². The molecule has 1 amide bonds. The molecule has 2 aliphatic rings. The van der Waals surface area contributed by atoms with E-state index >= 15 is 0 Å². The topological polar surface area (TPSA) is 181 Å². The van der Waals surface area contributed by atoms with Gasteiger partial charge in [-0.05, 0) is 24.3 Å². The maximum atomic E-state index is 11.9. The van der Waals surface area contributed by atoms with E-state index in [0.717, 1.165) is 0 Å². The highest BCUT2D eigenvalue weighted by atomic mass is 32.2. The second-order valence-corrected chi connectivity index (χ2v) is 7.67. The monoisotopic (exact) mass is 383 g/mol. The molecular weight excluding hydrogens is 366 g/mol. The lowest BCUT2D eigenvalue weighted by Crippen LogP contribution is -2.69. The second-order valence-electron chi connectivity index (χ2n) is 5.62. The van der Waals surface area contributed by atoms with Gasteiger partial charge in [0, 0.05) is 11.5 Å². The van der Waals surface area contributed by atoms with Crippen LogP contribution in [0.3, 0.4) is 0 Å². The van der Waals surface area contributed by atoms with Crippen LogP contribution in [-0.4, -0.2) is 44.7 Å². The number of hydrogen-bond acceptors (Lipinski definition) is 10. The van der Waals surface area contributed by atoms with E-state index < -0.39 is 17.9 Å². The van der Waals surface area contributed by atoms with Gasteiger partial charge in [-0.1, -0.05) is 4.98 Å². The SMILES string of the molecule is Cc1c(N)nc(SCC2=C(C(=O)[O-])N3C(=O)C(N)C3SC2)[n+](N)c1N. The highest BCUT2D eigenvalue weighted by Gasteiger charge is 2.50. The summed E-state index contributed by atoms with van der Waals surface area (Å²) in [5, 5.41) is 11.5. The molecule has 2 unspecified atom stereocenters. The van der Waals surface area contributed by atoms with Crippen LogP contribution in [0.15, 0.2) is 16.4 Å². The van der Waals surface area contributed by atoms with Crippen LogP contribution in [0.5, 0.6) is 0 Å². The Balaban J connectivity index is 1.87. The van der Waals surface area contributed by atoms with Crippen LogP contribution >= 0.6 is 23.5 Å². The minimum Gasteiger partial charge on any atom is -0.543 e. The van der Waals surface area contributed by atoms with Crippen molar-refractivity contribution in [3.8, 4) is 0 Å². The largest absolute Gasteiger partial charge is 0.543 e. The number of nitrogens with two attached hydrogens (primary N) is 4. The number of aliphatic carboxylic acids is 1. The van der Waals surface area contributed by atoms with Gasteiger partial charge in [0.25, 0.3) is 0 Å². The maximum Gasteiger partial charge on any atom is 0.322 e. The summed E-state index contributed by atoms with van der Waals surface area (Å²) in [4.78, 5) is 28.8. The van der Waals surface area contributed by atoms with E-state index in [-0.39, 0.29) is 28.5 Å². The van der Waals surface area contributed by atoms with Crippen molar-refractivity contribution in [3.63, 3.8) is 0 Å². The van der Waals surface area contributed by atoms with Gasteiger partial charge in [0.2, 0.25) is 17.5 Å².